The molecule has 1 fully saturated rings. The number of likely N-dealkylation sites (tertiary alicyclic amines) is 1. The zero-order valence-corrected chi connectivity index (χ0v) is 13.1. The molecule has 1 aliphatic heterocycles. The normalized spacial score (nSPS) is 18.1. The van der Waals surface area contributed by atoms with Gasteiger partial charge in [0.05, 0.1) is 17.1 Å². The molecule has 1 aliphatic rings. The van der Waals surface area contributed by atoms with Crippen LogP contribution in [-0.4, -0.2) is 52.1 Å². The van der Waals surface area contributed by atoms with Gasteiger partial charge < -0.3 is 14.9 Å². The first-order chi connectivity index (χ1) is 9.25. The number of hydrogen-bond acceptors (Lipinski definition) is 4. The van der Waals surface area contributed by atoms with Crippen molar-refractivity contribution in [3.63, 3.8) is 0 Å². The van der Waals surface area contributed by atoms with Crippen molar-refractivity contribution in [1.29, 1.82) is 0 Å². The van der Waals surface area contributed by atoms with Crippen LogP contribution in [0.4, 0.5) is 0 Å². The third-order valence-electron chi connectivity index (χ3n) is 3.43. The number of carbonyl (C=O) groups excluding carboxylic acids is 1. The minimum absolute atomic E-state index is 0.0794. The van der Waals surface area contributed by atoms with Gasteiger partial charge in [0.2, 0.25) is 11.2 Å². The maximum Gasteiger partial charge on any atom is 0.233 e. The molecule has 0 bridgehead atoms. The molecule has 7 heteroatoms. The van der Waals surface area contributed by atoms with E-state index in [0.717, 1.165) is 0 Å². The molecular weight excluding hydrogens is 260 g/mol. The summed E-state index contributed by atoms with van der Waals surface area (Å²) in [5.74, 6) is 0.0794. The lowest BCUT2D eigenvalue weighted by molar-refractivity contribution is -0.725. The highest BCUT2D eigenvalue weighted by molar-refractivity contribution is 5.73. The Hall–Kier alpha value is -1.53. The second-order valence-electron chi connectivity index (χ2n) is 6.03. The molecule has 1 saturated heterocycles. The molecule has 0 aromatic heterocycles. The van der Waals surface area contributed by atoms with Gasteiger partial charge in [0, 0.05) is 32.9 Å². The van der Waals surface area contributed by atoms with Gasteiger partial charge in [0.25, 0.3) is 0 Å². The average Bonchev–Trinajstić information content (AvgIpc) is 2.36. The van der Waals surface area contributed by atoms with Crippen LogP contribution >= 0.6 is 0 Å². The van der Waals surface area contributed by atoms with Gasteiger partial charge in [-0.2, -0.15) is 0 Å². The molecule has 0 aliphatic carbocycles. The Morgan fingerprint density at radius 2 is 2.00 bits per heavy atom. The van der Waals surface area contributed by atoms with Crippen molar-refractivity contribution in [3.8, 4) is 0 Å². The quantitative estimate of drug-likeness (QED) is 0.450. The number of hydrogen-bond donors (Lipinski definition) is 0. The fourth-order valence-corrected chi connectivity index (χ4v) is 2.28. The number of amides is 1. The first-order valence-corrected chi connectivity index (χ1v) is 7.12. The standard InChI is InChI=1S/C13H26N4O3/c1-6-16(13(3,4)5)17(19)14-20-12-7-9-15(10-8-12)11(2)18/h12H,6-10H2,1-5H3/b17-14+. The monoisotopic (exact) mass is 286 g/mol. The molecule has 1 rings (SSSR count). The van der Waals surface area contributed by atoms with E-state index >= 15 is 0 Å². The fraction of sp³-hybridized carbons (Fsp3) is 0.923. The summed E-state index contributed by atoms with van der Waals surface area (Å²) in [4.78, 5) is 18.8. The predicted octanol–water partition coefficient (Wildman–Crippen LogP) is 1.93. The summed E-state index contributed by atoms with van der Waals surface area (Å²) < 4.78 is 0. The van der Waals surface area contributed by atoms with Crippen molar-refractivity contribution in [2.45, 2.75) is 59.1 Å². The van der Waals surface area contributed by atoms with Gasteiger partial charge in [0.15, 0.2) is 0 Å². The van der Waals surface area contributed by atoms with Crippen LogP contribution in [0.15, 0.2) is 5.28 Å². The van der Waals surface area contributed by atoms with E-state index in [1.807, 2.05) is 27.7 Å². The molecule has 1 heterocycles. The van der Waals surface area contributed by atoms with Crippen molar-refractivity contribution in [2.75, 3.05) is 19.6 Å². The summed E-state index contributed by atoms with van der Waals surface area (Å²) in [6.07, 6.45) is 1.32. The number of rotatable bonds is 4. The van der Waals surface area contributed by atoms with Crippen LogP contribution < -0.4 is 0 Å². The molecule has 20 heavy (non-hydrogen) atoms. The van der Waals surface area contributed by atoms with Crippen LogP contribution in [0.25, 0.3) is 0 Å². The van der Waals surface area contributed by atoms with E-state index in [1.165, 1.54) is 0 Å². The Morgan fingerprint density at radius 1 is 1.45 bits per heavy atom. The van der Waals surface area contributed by atoms with E-state index in [2.05, 4.69) is 5.28 Å². The van der Waals surface area contributed by atoms with Crippen LogP contribution in [0.3, 0.4) is 0 Å². The molecular formula is C13H26N4O3. The Labute approximate surface area is 120 Å². The average molecular weight is 286 g/mol. The fourth-order valence-electron chi connectivity index (χ4n) is 2.28. The molecule has 0 aromatic carbocycles. The van der Waals surface area contributed by atoms with Crippen molar-refractivity contribution < 1.29 is 14.6 Å². The molecule has 1 amide bonds. The van der Waals surface area contributed by atoms with Crippen LogP contribution in [-0.2, 0) is 9.63 Å². The number of carbonyl (C=O) groups is 1. The second kappa shape index (κ2) is 6.76. The van der Waals surface area contributed by atoms with Crippen molar-refractivity contribution in [3.05, 3.63) is 5.21 Å². The Kier molecular flexibility index (Phi) is 5.59. The largest absolute Gasteiger partial charge is 0.569 e. The molecule has 0 aromatic rings. The number of hydrazine groups is 1. The topological polar surface area (TPSA) is 71.2 Å². The Balaban J connectivity index is 2.50. The smallest absolute Gasteiger partial charge is 0.233 e. The van der Waals surface area contributed by atoms with Gasteiger partial charge in [-0.25, -0.2) is 0 Å². The Morgan fingerprint density at radius 3 is 2.40 bits per heavy atom. The van der Waals surface area contributed by atoms with E-state index in [4.69, 9.17) is 4.84 Å². The zero-order chi connectivity index (χ0) is 15.3. The van der Waals surface area contributed by atoms with E-state index in [9.17, 15) is 10.0 Å². The third kappa shape index (κ3) is 4.54. The minimum atomic E-state index is -0.304. The summed E-state index contributed by atoms with van der Waals surface area (Å²) >= 11 is 0. The van der Waals surface area contributed by atoms with E-state index in [-0.39, 0.29) is 17.6 Å². The van der Waals surface area contributed by atoms with Crippen LogP contribution in [0.5, 0.6) is 0 Å². The molecule has 0 unspecified atom stereocenters. The van der Waals surface area contributed by atoms with Gasteiger partial charge in [-0.3, -0.25) is 4.79 Å². The van der Waals surface area contributed by atoms with E-state index in [0.29, 0.717) is 37.4 Å². The van der Waals surface area contributed by atoms with Gasteiger partial charge in [-0.05, 0) is 27.7 Å². The third-order valence-corrected chi connectivity index (χ3v) is 3.43. The van der Waals surface area contributed by atoms with Crippen molar-refractivity contribution in [2.24, 2.45) is 5.28 Å². The summed E-state index contributed by atoms with van der Waals surface area (Å²) in [7, 11) is 0. The molecule has 116 valence electrons. The van der Waals surface area contributed by atoms with E-state index in [1.54, 1.807) is 16.8 Å². The second-order valence-corrected chi connectivity index (χ2v) is 6.03. The molecule has 7 nitrogen and oxygen atoms in total. The highest BCUT2D eigenvalue weighted by atomic mass is 16.7. The van der Waals surface area contributed by atoms with Crippen LogP contribution in [0.2, 0.25) is 0 Å². The van der Waals surface area contributed by atoms with Gasteiger partial charge in [-0.15, -0.1) is 5.01 Å². The van der Waals surface area contributed by atoms with Crippen molar-refractivity contribution in [1.82, 2.24) is 9.91 Å². The summed E-state index contributed by atoms with van der Waals surface area (Å²) in [5, 5.41) is 17.2. The Bertz CT molecular complexity index is 357. The summed E-state index contributed by atoms with van der Waals surface area (Å²) in [6, 6.07) is 0. The zero-order valence-electron chi connectivity index (χ0n) is 13.1. The van der Waals surface area contributed by atoms with Crippen molar-refractivity contribution >= 4 is 5.91 Å². The first-order valence-electron chi connectivity index (χ1n) is 7.12. The molecule has 0 N–H and O–H groups in total. The van der Waals surface area contributed by atoms with Crippen LogP contribution in [0, 0.1) is 5.21 Å². The highest BCUT2D eigenvalue weighted by Gasteiger charge is 2.28. The predicted molar refractivity (Wildman–Crippen MR) is 74.5 cm³/mol. The minimum Gasteiger partial charge on any atom is -0.569 e. The van der Waals surface area contributed by atoms with E-state index < -0.39 is 0 Å². The molecule has 0 radical (unpaired) electrons. The maximum atomic E-state index is 11.9. The maximum absolute atomic E-state index is 11.9. The van der Waals surface area contributed by atoms with Gasteiger partial charge in [-0.1, -0.05) is 0 Å². The lowest BCUT2D eigenvalue weighted by Crippen LogP contribution is -2.45. The van der Waals surface area contributed by atoms with Gasteiger partial charge in [0.1, 0.15) is 6.10 Å². The number of piperidine rings is 1. The number of nitrogens with zero attached hydrogens (tertiary/aromatic N) is 4. The lowest BCUT2D eigenvalue weighted by atomic mass is 10.1. The van der Waals surface area contributed by atoms with Gasteiger partial charge >= 0.3 is 0 Å². The summed E-state index contributed by atoms with van der Waals surface area (Å²) in [6.45, 7) is 11.2. The summed E-state index contributed by atoms with van der Waals surface area (Å²) in [5.41, 5.74) is -0.304. The van der Waals surface area contributed by atoms with Crippen LogP contribution in [0.1, 0.15) is 47.5 Å². The highest BCUT2D eigenvalue weighted by Crippen LogP contribution is 2.16. The SMILES string of the molecule is CCN(/[N+]([O-])=N\OC1CCN(C(C)=O)CC1)C(C)(C)C. The molecule has 0 spiro atoms. The molecule has 0 atom stereocenters. The lowest BCUT2D eigenvalue weighted by Gasteiger charge is -2.31. The molecule has 0 saturated carbocycles. The first kappa shape index (κ1) is 16.5.